The molecule has 0 aromatic rings. The van der Waals surface area contributed by atoms with E-state index in [-0.39, 0.29) is 12.1 Å². The van der Waals surface area contributed by atoms with E-state index in [1.165, 1.54) is 38.5 Å². The summed E-state index contributed by atoms with van der Waals surface area (Å²) in [6.07, 6.45) is 10.3. The Morgan fingerprint density at radius 3 is 1.67 bits per heavy atom. The Morgan fingerprint density at radius 1 is 0.867 bits per heavy atom. The van der Waals surface area contributed by atoms with Gasteiger partial charge >= 0.3 is 0 Å². The Bertz CT molecular complexity index is 126. The molecule has 0 aliphatic heterocycles. The lowest BCUT2D eigenvalue weighted by atomic mass is 9.85. The fourth-order valence-electron chi connectivity index (χ4n) is 2.05. The van der Waals surface area contributed by atoms with E-state index in [2.05, 4.69) is 13.8 Å². The summed E-state index contributed by atoms with van der Waals surface area (Å²) in [5.74, 6) is 0. The van der Waals surface area contributed by atoms with Gasteiger partial charge in [0.25, 0.3) is 0 Å². The molecule has 0 aromatic carbocycles. The molecule has 0 unspecified atom stereocenters. The predicted octanol–water partition coefficient (Wildman–Crippen LogP) is 3.23. The summed E-state index contributed by atoms with van der Waals surface area (Å²) in [7, 11) is 0. The van der Waals surface area contributed by atoms with E-state index in [1.54, 1.807) is 0 Å². The molecule has 0 amide bonds. The monoisotopic (exact) mass is 215 g/mol. The Labute approximate surface area is 95.3 Å². The molecule has 0 fully saturated rings. The van der Waals surface area contributed by atoms with Gasteiger partial charge in [0.1, 0.15) is 0 Å². The molecule has 0 rings (SSSR count). The van der Waals surface area contributed by atoms with Crippen LogP contribution < -0.4 is 5.73 Å². The number of rotatable bonds is 10. The standard InChI is InChI=1S/C13H29NO/c1-3-5-7-9-13(14,11-12-15)10-8-6-4-2/h15H,3-12,14H2,1-2H3. The minimum Gasteiger partial charge on any atom is -0.396 e. The number of nitrogens with two attached hydrogens (primary N) is 1. The average Bonchev–Trinajstić information content (AvgIpc) is 2.19. The average molecular weight is 215 g/mol. The SMILES string of the molecule is CCCCCC(N)(CCO)CCCCC. The second-order valence-corrected chi connectivity index (χ2v) is 4.75. The van der Waals surface area contributed by atoms with Crippen LogP contribution in [0.2, 0.25) is 0 Å². The summed E-state index contributed by atoms with van der Waals surface area (Å²) in [6, 6.07) is 0. The van der Waals surface area contributed by atoms with Crippen molar-refractivity contribution < 1.29 is 5.11 Å². The second kappa shape index (κ2) is 9.17. The maximum atomic E-state index is 9.03. The molecule has 0 aliphatic carbocycles. The van der Waals surface area contributed by atoms with E-state index < -0.39 is 0 Å². The van der Waals surface area contributed by atoms with Crippen LogP contribution in [0.1, 0.15) is 71.6 Å². The summed E-state index contributed by atoms with van der Waals surface area (Å²) in [4.78, 5) is 0. The molecule has 0 saturated carbocycles. The molecule has 15 heavy (non-hydrogen) atoms. The Hall–Kier alpha value is -0.0800. The largest absolute Gasteiger partial charge is 0.396 e. The van der Waals surface area contributed by atoms with Gasteiger partial charge in [-0.15, -0.1) is 0 Å². The lowest BCUT2D eigenvalue weighted by molar-refractivity contribution is 0.216. The zero-order chi connectivity index (χ0) is 11.6. The van der Waals surface area contributed by atoms with Gasteiger partial charge in [-0.05, 0) is 19.3 Å². The Morgan fingerprint density at radius 2 is 1.33 bits per heavy atom. The number of aliphatic hydroxyl groups is 1. The van der Waals surface area contributed by atoms with Crippen molar-refractivity contribution in [2.24, 2.45) is 5.73 Å². The van der Waals surface area contributed by atoms with E-state index in [4.69, 9.17) is 10.8 Å². The zero-order valence-electron chi connectivity index (χ0n) is 10.6. The molecular formula is C13H29NO. The van der Waals surface area contributed by atoms with E-state index in [0.29, 0.717) is 0 Å². The van der Waals surface area contributed by atoms with Crippen molar-refractivity contribution in [1.29, 1.82) is 0 Å². The smallest absolute Gasteiger partial charge is 0.0448 e. The van der Waals surface area contributed by atoms with Crippen LogP contribution in [0.3, 0.4) is 0 Å². The van der Waals surface area contributed by atoms with E-state index in [1.807, 2.05) is 0 Å². The maximum absolute atomic E-state index is 9.03. The maximum Gasteiger partial charge on any atom is 0.0448 e. The first-order valence-electron chi connectivity index (χ1n) is 6.58. The lowest BCUT2D eigenvalue weighted by Gasteiger charge is -2.29. The van der Waals surface area contributed by atoms with Gasteiger partial charge in [-0.3, -0.25) is 0 Å². The molecule has 0 heterocycles. The van der Waals surface area contributed by atoms with Gasteiger partial charge in [-0.2, -0.15) is 0 Å². The number of aliphatic hydroxyl groups excluding tert-OH is 1. The zero-order valence-corrected chi connectivity index (χ0v) is 10.6. The molecule has 2 heteroatoms. The molecule has 0 saturated heterocycles. The highest BCUT2D eigenvalue weighted by atomic mass is 16.3. The molecule has 0 radical (unpaired) electrons. The van der Waals surface area contributed by atoms with Crippen molar-refractivity contribution in [3.8, 4) is 0 Å². The van der Waals surface area contributed by atoms with Crippen molar-refractivity contribution in [3.63, 3.8) is 0 Å². The molecule has 0 atom stereocenters. The third kappa shape index (κ3) is 7.80. The number of hydrogen-bond acceptors (Lipinski definition) is 2. The summed E-state index contributed by atoms with van der Waals surface area (Å²) in [5.41, 5.74) is 6.23. The molecule has 0 spiro atoms. The highest BCUT2D eigenvalue weighted by Gasteiger charge is 2.22. The highest BCUT2D eigenvalue weighted by molar-refractivity contribution is 4.83. The fraction of sp³-hybridized carbons (Fsp3) is 1.00. The highest BCUT2D eigenvalue weighted by Crippen LogP contribution is 2.23. The summed E-state index contributed by atoms with van der Waals surface area (Å²) >= 11 is 0. The summed E-state index contributed by atoms with van der Waals surface area (Å²) in [6.45, 7) is 4.65. The first-order valence-corrected chi connectivity index (χ1v) is 6.58. The second-order valence-electron chi connectivity index (χ2n) is 4.75. The summed E-state index contributed by atoms with van der Waals surface area (Å²) < 4.78 is 0. The van der Waals surface area contributed by atoms with Crippen LogP contribution >= 0.6 is 0 Å². The van der Waals surface area contributed by atoms with Crippen LogP contribution in [0.4, 0.5) is 0 Å². The number of hydrogen-bond donors (Lipinski definition) is 2. The van der Waals surface area contributed by atoms with Crippen LogP contribution in [0.5, 0.6) is 0 Å². The molecular weight excluding hydrogens is 186 g/mol. The first kappa shape index (κ1) is 14.9. The first-order chi connectivity index (χ1) is 7.18. The van der Waals surface area contributed by atoms with Crippen molar-refractivity contribution in [1.82, 2.24) is 0 Å². The van der Waals surface area contributed by atoms with Gasteiger partial charge in [0.15, 0.2) is 0 Å². The van der Waals surface area contributed by atoms with Crippen LogP contribution in [-0.2, 0) is 0 Å². The van der Waals surface area contributed by atoms with Crippen molar-refractivity contribution in [2.75, 3.05) is 6.61 Å². The third-order valence-corrected chi connectivity index (χ3v) is 3.17. The van der Waals surface area contributed by atoms with Crippen LogP contribution in [-0.4, -0.2) is 17.3 Å². The third-order valence-electron chi connectivity index (χ3n) is 3.17. The molecule has 0 aromatic heterocycles. The van der Waals surface area contributed by atoms with Crippen LogP contribution in [0.25, 0.3) is 0 Å². The lowest BCUT2D eigenvalue weighted by Crippen LogP contribution is -2.40. The minimum atomic E-state index is -0.0981. The topological polar surface area (TPSA) is 46.2 Å². The predicted molar refractivity (Wildman–Crippen MR) is 66.9 cm³/mol. The Balaban J connectivity index is 3.83. The normalized spacial score (nSPS) is 12.0. The van der Waals surface area contributed by atoms with Crippen LogP contribution in [0.15, 0.2) is 0 Å². The molecule has 0 aliphatic rings. The molecule has 0 bridgehead atoms. The minimum absolute atomic E-state index is 0.0981. The van der Waals surface area contributed by atoms with Gasteiger partial charge in [0, 0.05) is 12.1 Å². The van der Waals surface area contributed by atoms with Crippen molar-refractivity contribution in [3.05, 3.63) is 0 Å². The summed E-state index contributed by atoms with van der Waals surface area (Å²) in [5, 5.41) is 9.03. The van der Waals surface area contributed by atoms with Gasteiger partial charge in [0.2, 0.25) is 0 Å². The Kier molecular flexibility index (Phi) is 9.12. The number of unbranched alkanes of at least 4 members (excludes halogenated alkanes) is 4. The van der Waals surface area contributed by atoms with E-state index in [9.17, 15) is 0 Å². The van der Waals surface area contributed by atoms with Gasteiger partial charge in [-0.1, -0.05) is 52.4 Å². The van der Waals surface area contributed by atoms with Crippen molar-refractivity contribution >= 4 is 0 Å². The van der Waals surface area contributed by atoms with Gasteiger partial charge in [0.05, 0.1) is 0 Å². The fourth-order valence-corrected chi connectivity index (χ4v) is 2.05. The van der Waals surface area contributed by atoms with Gasteiger partial charge in [-0.25, -0.2) is 0 Å². The molecule has 92 valence electrons. The van der Waals surface area contributed by atoms with E-state index in [0.717, 1.165) is 19.3 Å². The molecule has 3 N–H and O–H groups in total. The molecule has 2 nitrogen and oxygen atoms in total. The van der Waals surface area contributed by atoms with Crippen LogP contribution in [0, 0.1) is 0 Å². The van der Waals surface area contributed by atoms with E-state index >= 15 is 0 Å². The van der Waals surface area contributed by atoms with Crippen molar-refractivity contribution in [2.45, 2.75) is 77.2 Å². The van der Waals surface area contributed by atoms with Gasteiger partial charge < -0.3 is 10.8 Å². The quantitative estimate of drug-likeness (QED) is 0.550.